The van der Waals surface area contributed by atoms with Gasteiger partial charge >= 0.3 is 0 Å². The summed E-state index contributed by atoms with van der Waals surface area (Å²) in [6, 6.07) is 16.8. The lowest BCUT2D eigenvalue weighted by Gasteiger charge is -2.09. The SMILES string of the molecule is CCc1cccc2c3n[nH]c(=S)nc3n(Cc3ccccc3)c12. The fourth-order valence-corrected chi connectivity index (χ4v) is 3.24. The van der Waals surface area contributed by atoms with Gasteiger partial charge in [-0.3, -0.25) is 5.10 Å². The minimum Gasteiger partial charge on any atom is -0.319 e. The fraction of sp³-hybridized carbons (Fsp3) is 0.167. The van der Waals surface area contributed by atoms with E-state index in [9.17, 15) is 0 Å². The van der Waals surface area contributed by atoms with Gasteiger partial charge in [0.1, 0.15) is 5.52 Å². The minimum atomic E-state index is 0.410. The van der Waals surface area contributed by atoms with E-state index in [1.54, 1.807) is 0 Å². The van der Waals surface area contributed by atoms with Crippen molar-refractivity contribution >= 4 is 34.3 Å². The van der Waals surface area contributed by atoms with Gasteiger partial charge in [0.15, 0.2) is 5.65 Å². The zero-order valence-corrected chi connectivity index (χ0v) is 13.6. The number of para-hydroxylation sites is 1. The van der Waals surface area contributed by atoms with Crippen LogP contribution in [-0.2, 0) is 13.0 Å². The molecular weight excluding hydrogens is 304 g/mol. The number of benzene rings is 2. The van der Waals surface area contributed by atoms with E-state index in [0.29, 0.717) is 4.77 Å². The van der Waals surface area contributed by atoms with Crippen molar-refractivity contribution in [2.75, 3.05) is 0 Å². The van der Waals surface area contributed by atoms with Crippen LogP contribution in [0.5, 0.6) is 0 Å². The van der Waals surface area contributed by atoms with E-state index in [1.165, 1.54) is 16.6 Å². The highest BCUT2D eigenvalue weighted by Gasteiger charge is 2.15. The average molecular weight is 320 g/mol. The van der Waals surface area contributed by atoms with Gasteiger partial charge in [0, 0.05) is 11.9 Å². The van der Waals surface area contributed by atoms with E-state index in [4.69, 9.17) is 12.2 Å². The van der Waals surface area contributed by atoms with Gasteiger partial charge in [0.25, 0.3) is 0 Å². The molecule has 0 fully saturated rings. The Morgan fingerprint density at radius 3 is 2.70 bits per heavy atom. The molecule has 114 valence electrons. The Bertz CT molecular complexity index is 1050. The van der Waals surface area contributed by atoms with Crippen molar-refractivity contribution in [3.05, 3.63) is 64.4 Å². The molecule has 0 spiro atoms. The van der Waals surface area contributed by atoms with Crippen LogP contribution >= 0.6 is 12.2 Å². The Labute approximate surface area is 138 Å². The first-order chi connectivity index (χ1) is 11.3. The number of hydrogen-bond acceptors (Lipinski definition) is 3. The summed E-state index contributed by atoms with van der Waals surface area (Å²) in [5, 5.41) is 8.38. The largest absolute Gasteiger partial charge is 0.319 e. The van der Waals surface area contributed by atoms with Crippen LogP contribution in [0.2, 0.25) is 0 Å². The van der Waals surface area contributed by atoms with Gasteiger partial charge in [-0.15, -0.1) is 0 Å². The molecule has 0 aliphatic heterocycles. The smallest absolute Gasteiger partial charge is 0.215 e. The molecule has 4 aromatic rings. The highest BCUT2D eigenvalue weighted by Crippen LogP contribution is 2.29. The Morgan fingerprint density at radius 2 is 1.91 bits per heavy atom. The molecule has 23 heavy (non-hydrogen) atoms. The molecule has 2 heterocycles. The first-order valence-corrected chi connectivity index (χ1v) is 8.09. The molecule has 0 unspecified atom stereocenters. The van der Waals surface area contributed by atoms with Gasteiger partial charge in [-0.2, -0.15) is 10.1 Å². The molecule has 0 aliphatic rings. The van der Waals surface area contributed by atoms with Crippen LogP contribution in [0.25, 0.3) is 22.1 Å². The van der Waals surface area contributed by atoms with Crippen LogP contribution in [-0.4, -0.2) is 19.7 Å². The molecule has 0 radical (unpaired) electrons. The summed E-state index contributed by atoms with van der Waals surface area (Å²) in [7, 11) is 0. The molecule has 0 saturated carbocycles. The summed E-state index contributed by atoms with van der Waals surface area (Å²) in [6.07, 6.45) is 0.965. The number of H-pyrrole nitrogens is 1. The third kappa shape index (κ3) is 2.33. The van der Waals surface area contributed by atoms with Crippen LogP contribution in [0.15, 0.2) is 48.5 Å². The topological polar surface area (TPSA) is 46.5 Å². The first kappa shape index (κ1) is 14.1. The molecule has 4 nitrogen and oxygen atoms in total. The standard InChI is InChI=1S/C18H16N4S/c1-2-13-9-6-10-14-15-17(19-18(23)21-20-15)22(16(13)14)11-12-7-4-3-5-8-12/h3-10H,2,11H2,1H3,(H,19,21,23). The maximum absolute atomic E-state index is 5.19. The lowest BCUT2D eigenvalue weighted by Crippen LogP contribution is -2.03. The number of hydrogen-bond donors (Lipinski definition) is 1. The van der Waals surface area contributed by atoms with Crippen LogP contribution in [0.1, 0.15) is 18.1 Å². The molecular formula is C18H16N4S. The van der Waals surface area contributed by atoms with E-state index in [2.05, 4.69) is 69.1 Å². The molecule has 2 aromatic carbocycles. The molecule has 1 N–H and O–H groups in total. The van der Waals surface area contributed by atoms with Crippen LogP contribution in [0.3, 0.4) is 0 Å². The quantitative estimate of drug-likeness (QED) is 0.574. The number of aromatic amines is 1. The zero-order valence-electron chi connectivity index (χ0n) is 12.8. The van der Waals surface area contributed by atoms with Gasteiger partial charge in [-0.1, -0.05) is 55.5 Å². The van der Waals surface area contributed by atoms with Gasteiger partial charge in [-0.05, 0) is 29.8 Å². The van der Waals surface area contributed by atoms with Crippen molar-refractivity contribution < 1.29 is 0 Å². The predicted molar refractivity (Wildman–Crippen MR) is 95.1 cm³/mol. The maximum Gasteiger partial charge on any atom is 0.215 e. The number of fused-ring (bicyclic) bond motifs is 3. The second-order valence-electron chi connectivity index (χ2n) is 5.55. The molecule has 0 atom stereocenters. The summed E-state index contributed by atoms with van der Waals surface area (Å²) in [5.41, 5.74) is 5.44. The number of aryl methyl sites for hydroxylation is 1. The first-order valence-electron chi connectivity index (χ1n) is 7.68. The van der Waals surface area contributed by atoms with Crippen LogP contribution in [0, 0.1) is 4.77 Å². The van der Waals surface area contributed by atoms with Crippen molar-refractivity contribution in [1.29, 1.82) is 0 Å². The van der Waals surface area contributed by atoms with Gasteiger partial charge in [-0.25, -0.2) is 0 Å². The van der Waals surface area contributed by atoms with Crippen LogP contribution in [0.4, 0.5) is 0 Å². The summed E-state index contributed by atoms with van der Waals surface area (Å²) in [5.74, 6) is 0. The molecule has 0 aliphatic carbocycles. The van der Waals surface area contributed by atoms with E-state index in [1.807, 2.05) is 6.07 Å². The molecule has 0 saturated heterocycles. The molecule has 0 amide bonds. The maximum atomic E-state index is 5.19. The number of nitrogens with zero attached hydrogens (tertiary/aromatic N) is 3. The van der Waals surface area contributed by atoms with E-state index in [-0.39, 0.29) is 0 Å². The third-order valence-corrected chi connectivity index (χ3v) is 4.33. The van der Waals surface area contributed by atoms with Crippen molar-refractivity contribution in [3.8, 4) is 0 Å². The van der Waals surface area contributed by atoms with Crippen molar-refractivity contribution in [3.63, 3.8) is 0 Å². The Hall–Kier alpha value is -2.53. The lowest BCUT2D eigenvalue weighted by atomic mass is 10.1. The van der Waals surface area contributed by atoms with E-state index < -0.39 is 0 Å². The van der Waals surface area contributed by atoms with E-state index in [0.717, 1.165) is 29.5 Å². The zero-order chi connectivity index (χ0) is 15.8. The summed E-state index contributed by atoms with van der Waals surface area (Å²) < 4.78 is 2.64. The monoisotopic (exact) mass is 320 g/mol. The second kappa shape index (κ2) is 5.59. The Balaban J connectivity index is 2.09. The van der Waals surface area contributed by atoms with Gasteiger partial charge < -0.3 is 4.57 Å². The van der Waals surface area contributed by atoms with Crippen molar-refractivity contribution in [2.24, 2.45) is 0 Å². The van der Waals surface area contributed by atoms with Gasteiger partial charge in [0.05, 0.1) is 5.52 Å². The average Bonchev–Trinajstić information content (AvgIpc) is 2.89. The lowest BCUT2D eigenvalue weighted by molar-refractivity contribution is 0.840. The summed E-state index contributed by atoms with van der Waals surface area (Å²) in [4.78, 5) is 4.54. The summed E-state index contributed by atoms with van der Waals surface area (Å²) >= 11 is 5.19. The normalized spacial score (nSPS) is 11.3. The molecule has 0 bridgehead atoms. The third-order valence-electron chi connectivity index (χ3n) is 4.15. The fourth-order valence-electron chi connectivity index (χ4n) is 3.11. The molecule has 5 heteroatoms. The second-order valence-corrected chi connectivity index (χ2v) is 5.94. The highest BCUT2D eigenvalue weighted by molar-refractivity contribution is 7.71. The van der Waals surface area contributed by atoms with Crippen molar-refractivity contribution in [2.45, 2.75) is 19.9 Å². The predicted octanol–water partition coefficient (Wildman–Crippen LogP) is 4.25. The Kier molecular flexibility index (Phi) is 3.42. The number of aromatic nitrogens is 4. The Morgan fingerprint density at radius 1 is 1.09 bits per heavy atom. The highest BCUT2D eigenvalue weighted by atomic mass is 32.1. The number of nitrogens with one attached hydrogen (secondary N) is 1. The van der Waals surface area contributed by atoms with Crippen molar-refractivity contribution in [1.82, 2.24) is 19.7 Å². The van der Waals surface area contributed by atoms with Gasteiger partial charge in [0.2, 0.25) is 4.77 Å². The van der Waals surface area contributed by atoms with Crippen LogP contribution < -0.4 is 0 Å². The minimum absolute atomic E-state index is 0.410. The van der Waals surface area contributed by atoms with E-state index >= 15 is 0 Å². The molecule has 4 rings (SSSR count). The molecule has 2 aromatic heterocycles. The number of rotatable bonds is 3. The summed E-state index contributed by atoms with van der Waals surface area (Å²) in [6.45, 7) is 2.93.